The van der Waals surface area contributed by atoms with Gasteiger partial charge in [-0.3, -0.25) is 14.4 Å². The van der Waals surface area contributed by atoms with Crippen LogP contribution in [0.15, 0.2) is 34.4 Å². The second kappa shape index (κ2) is 11.6. The first-order valence-corrected chi connectivity index (χ1v) is 17.2. The predicted molar refractivity (Wildman–Crippen MR) is 168 cm³/mol. The highest BCUT2D eigenvalue weighted by atomic mass is 16.6. The van der Waals surface area contributed by atoms with Crippen molar-refractivity contribution in [2.24, 2.45) is 46.3 Å². The quantitative estimate of drug-likeness (QED) is 0.161. The van der Waals surface area contributed by atoms with Crippen LogP contribution in [0, 0.1) is 46.3 Å². The average Bonchev–Trinajstić information content (AvgIpc) is 3.58. The third-order valence-electron chi connectivity index (χ3n) is 12.9. The molecule has 46 heavy (non-hydrogen) atoms. The predicted octanol–water partition coefficient (Wildman–Crippen LogP) is 5.40. The summed E-state index contributed by atoms with van der Waals surface area (Å²) in [6, 6.07) is 0. The molecule has 1 N–H and O–H groups in total. The van der Waals surface area contributed by atoms with Gasteiger partial charge >= 0.3 is 23.9 Å². The molecule has 2 unspecified atom stereocenters. The van der Waals surface area contributed by atoms with E-state index in [0.717, 1.165) is 22.3 Å². The molecule has 9 nitrogen and oxygen atoms in total. The van der Waals surface area contributed by atoms with Gasteiger partial charge in [0.05, 0.1) is 17.3 Å². The third-order valence-corrected chi connectivity index (χ3v) is 12.9. The molecule has 2 spiro atoms. The monoisotopic (exact) mass is 638 g/mol. The lowest BCUT2D eigenvalue weighted by Gasteiger charge is -2.46. The molecular formula is C37H50O9. The smallest absolute Gasteiger partial charge is 0.334 e. The lowest BCUT2D eigenvalue weighted by atomic mass is 9.55. The summed E-state index contributed by atoms with van der Waals surface area (Å²) >= 11 is 0. The Bertz CT molecular complexity index is 1420. The van der Waals surface area contributed by atoms with Crippen LogP contribution in [0.5, 0.6) is 0 Å². The van der Waals surface area contributed by atoms with Crippen LogP contribution in [0.1, 0.15) is 93.4 Å². The van der Waals surface area contributed by atoms with Crippen LogP contribution in [0.3, 0.4) is 0 Å². The van der Waals surface area contributed by atoms with Crippen molar-refractivity contribution in [2.45, 2.75) is 118 Å². The van der Waals surface area contributed by atoms with Crippen molar-refractivity contribution < 1.29 is 43.2 Å². The highest BCUT2D eigenvalue weighted by molar-refractivity contribution is 5.91. The van der Waals surface area contributed by atoms with E-state index in [2.05, 4.69) is 20.4 Å². The number of aliphatic hydroxyl groups excluding tert-OH is 1. The fourth-order valence-electron chi connectivity index (χ4n) is 10.7. The van der Waals surface area contributed by atoms with Crippen molar-refractivity contribution in [1.82, 2.24) is 0 Å². The van der Waals surface area contributed by atoms with Crippen molar-refractivity contribution in [1.29, 1.82) is 0 Å². The maximum atomic E-state index is 14.6. The molecule has 0 aromatic heterocycles. The number of carbonyl (C=O) groups excluding carboxylic acids is 4. The number of hydrogen-bond donors (Lipinski definition) is 1. The second-order valence-electron chi connectivity index (χ2n) is 15.2. The summed E-state index contributed by atoms with van der Waals surface area (Å²) < 4.78 is 25.0. The first-order valence-electron chi connectivity index (χ1n) is 17.2. The van der Waals surface area contributed by atoms with Crippen LogP contribution < -0.4 is 0 Å². The van der Waals surface area contributed by atoms with Gasteiger partial charge in [0.15, 0.2) is 0 Å². The van der Waals surface area contributed by atoms with Gasteiger partial charge in [0, 0.05) is 42.8 Å². The zero-order valence-corrected chi connectivity index (χ0v) is 28.4. The Morgan fingerprint density at radius 3 is 2.46 bits per heavy atom. The largest absolute Gasteiger partial charge is 0.461 e. The molecule has 12 atom stereocenters. The van der Waals surface area contributed by atoms with Crippen LogP contribution in [0.4, 0.5) is 0 Å². The van der Waals surface area contributed by atoms with Gasteiger partial charge in [0.2, 0.25) is 0 Å². The fourth-order valence-corrected chi connectivity index (χ4v) is 10.7. The number of esters is 4. The van der Waals surface area contributed by atoms with E-state index in [0.29, 0.717) is 50.5 Å². The number of rotatable bonds is 8. The molecule has 0 aromatic carbocycles. The molecule has 0 amide bonds. The molecule has 0 aromatic rings. The Balaban J connectivity index is 1.52. The summed E-state index contributed by atoms with van der Waals surface area (Å²) in [6.45, 7) is 17.7. The van der Waals surface area contributed by atoms with E-state index in [9.17, 15) is 24.3 Å². The molecule has 2 saturated carbocycles. The Morgan fingerprint density at radius 2 is 1.80 bits per heavy atom. The molecule has 252 valence electrons. The molecular weight excluding hydrogens is 588 g/mol. The van der Waals surface area contributed by atoms with Crippen molar-refractivity contribution in [2.75, 3.05) is 6.61 Å². The zero-order valence-electron chi connectivity index (χ0n) is 28.4. The SMILES string of the molecule is C=C1C(=O)O[C@H]2C[C@H](C)[C@@]34C[C@@]5(C(=O)O[C@@H]6CC(C)=C([C@@H](C)CCCO)[C@@H](OC(=O)C(C)CC)[C@@H]65)[C@@H](C(C)=C3C[C@H]12)C4OC(C)=O. The summed E-state index contributed by atoms with van der Waals surface area (Å²) in [4.78, 5) is 53.6. The first-order chi connectivity index (χ1) is 21.7. The molecule has 6 rings (SSSR count). The van der Waals surface area contributed by atoms with Crippen LogP contribution >= 0.6 is 0 Å². The van der Waals surface area contributed by atoms with Gasteiger partial charge < -0.3 is 24.1 Å². The van der Waals surface area contributed by atoms with Gasteiger partial charge in [-0.25, -0.2) is 4.79 Å². The van der Waals surface area contributed by atoms with Gasteiger partial charge in [-0.15, -0.1) is 0 Å². The Morgan fingerprint density at radius 1 is 1.09 bits per heavy atom. The highest BCUT2D eigenvalue weighted by Gasteiger charge is 2.80. The van der Waals surface area contributed by atoms with E-state index >= 15 is 0 Å². The van der Waals surface area contributed by atoms with Gasteiger partial charge in [-0.05, 0) is 69.8 Å². The Kier molecular flexibility index (Phi) is 8.34. The van der Waals surface area contributed by atoms with Crippen molar-refractivity contribution in [3.05, 3.63) is 34.4 Å². The second-order valence-corrected chi connectivity index (χ2v) is 15.2. The lowest BCUT2D eigenvalue weighted by molar-refractivity contribution is -0.160. The lowest BCUT2D eigenvalue weighted by Crippen LogP contribution is -2.51. The molecule has 4 aliphatic carbocycles. The maximum Gasteiger partial charge on any atom is 0.334 e. The Labute approximate surface area is 272 Å². The van der Waals surface area contributed by atoms with Crippen LogP contribution in [-0.4, -0.2) is 60.0 Å². The van der Waals surface area contributed by atoms with E-state index in [1.807, 2.05) is 27.7 Å². The van der Waals surface area contributed by atoms with Gasteiger partial charge in [0.25, 0.3) is 0 Å². The molecule has 2 heterocycles. The van der Waals surface area contributed by atoms with Gasteiger partial charge in [-0.2, -0.15) is 0 Å². The molecule has 6 aliphatic rings. The standard InChI is InChI=1S/C37H50O9/c1-9-17(2)33(40)46-31-28(18(3)11-10-12-38)19(4)13-27-30(31)37(35(42)45-27)16-36-20(5)14-26-24(21(6)34(41)44-26)15-25(36)22(7)29(37)32(36)43-23(8)39/h17-18,20,24,26-27,29-32,38H,6,9-16H2,1-5,7-8H3/t17?,18-,20-,24+,26-,27+,29-,30+,31+,32?,36-,37+/m0/s1. The zero-order chi connectivity index (χ0) is 33.5. The van der Waals surface area contributed by atoms with Crippen molar-refractivity contribution in [3.8, 4) is 0 Å². The third kappa shape index (κ3) is 4.50. The molecule has 2 saturated heterocycles. The molecule has 9 heteroatoms. The van der Waals surface area contributed by atoms with Crippen LogP contribution in [-0.2, 0) is 38.1 Å². The fraction of sp³-hybridized carbons (Fsp3) is 0.730. The maximum absolute atomic E-state index is 14.6. The average molecular weight is 639 g/mol. The van der Waals surface area contributed by atoms with E-state index < -0.39 is 46.9 Å². The minimum Gasteiger partial charge on any atom is -0.461 e. The van der Waals surface area contributed by atoms with E-state index in [-0.39, 0.29) is 54.3 Å². The molecule has 2 bridgehead atoms. The minimum absolute atomic E-state index is 0.0145. The van der Waals surface area contributed by atoms with E-state index in [1.54, 1.807) is 0 Å². The summed E-state index contributed by atoms with van der Waals surface area (Å²) in [5.41, 5.74) is 2.93. The number of aliphatic hydroxyl groups is 1. The topological polar surface area (TPSA) is 125 Å². The summed E-state index contributed by atoms with van der Waals surface area (Å²) in [5.74, 6) is -2.86. The highest BCUT2D eigenvalue weighted by Crippen LogP contribution is 2.76. The number of fused-ring (bicyclic) bond motifs is 5. The Hall–Kier alpha value is -2.94. The van der Waals surface area contributed by atoms with Crippen LogP contribution in [0.25, 0.3) is 0 Å². The van der Waals surface area contributed by atoms with E-state index in [4.69, 9.17) is 18.9 Å². The van der Waals surface area contributed by atoms with E-state index in [1.165, 1.54) is 6.92 Å². The summed E-state index contributed by atoms with van der Waals surface area (Å²) in [6.07, 6.45) is 1.93. The number of hydrogen-bond acceptors (Lipinski definition) is 9. The molecule has 2 aliphatic heterocycles. The molecule has 4 fully saturated rings. The van der Waals surface area contributed by atoms with Crippen LogP contribution in [0.2, 0.25) is 0 Å². The minimum atomic E-state index is -1.08. The van der Waals surface area contributed by atoms with Gasteiger partial charge in [0.1, 0.15) is 24.4 Å². The normalized spacial score (nSPS) is 40.7. The van der Waals surface area contributed by atoms with Gasteiger partial charge in [-0.1, -0.05) is 51.0 Å². The summed E-state index contributed by atoms with van der Waals surface area (Å²) in [5, 5.41) is 9.65. The first kappa shape index (κ1) is 33.0. The van der Waals surface area contributed by atoms with Crippen molar-refractivity contribution >= 4 is 23.9 Å². The summed E-state index contributed by atoms with van der Waals surface area (Å²) in [7, 11) is 0. The molecule has 0 radical (unpaired) electrons. The number of ether oxygens (including phenoxy) is 4. The van der Waals surface area contributed by atoms with Crippen molar-refractivity contribution in [3.63, 3.8) is 0 Å². The number of carbonyl (C=O) groups is 4.